The minimum absolute atomic E-state index is 0.0277. The van der Waals surface area contributed by atoms with E-state index in [1.54, 1.807) is 30.3 Å². The van der Waals surface area contributed by atoms with E-state index in [-0.39, 0.29) is 12.8 Å². The average molecular weight is 409 g/mol. The fourth-order valence-electron chi connectivity index (χ4n) is 2.42. The highest BCUT2D eigenvalue weighted by molar-refractivity contribution is 5.93. The van der Waals surface area contributed by atoms with Gasteiger partial charge in [-0.1, -0.05) is 30.3 Å². The Morgan fingerprint density at radius 1 is 0.862 bits per heavy atom. The van der Waals surface area contributed by atoms with Crippen molar-refractivity contribution in [3.05, 3.63) is 35.9 Å². The summed E-state index contributed by atoms with van der Waals surface area (Å²) in [6.45, 7) is 0. The van der Waals surface area contributed by atoms with Crippen LogP contribution >= 0.6 is 0 Å². The van der Waals surface area contributed by atoms with Crippen LogP contribution in [-0.2, 0) is 30.4 Å². The van der Waals surface area contributed by atoms with Crippen molar-refractivity contribution in [1.82, 2.24) is 10.6 Å². The molecular formula is C18H23N3O8. The van der Waals surface area contributed by atoms with Crippen LogP contribution in [0.25, 0.3) is 0 Å². The standard InChI is InChI=1S/C18H23N3O8/c19-11(9-15(24)25)16(26)20-12(6-7-14(22)23)17(27)21-13(18(28)29)8-10-4-2-1-3-5-10/h1-5,11-13H,6-9,19H2,(H,20,26)(H,21,27)(H,22,23)(H,24,25)(H,28,29)/t11-,12-,13-/m0/s1. The van der Waals surface area contributed by atoms with E-state index in [1.165, 1.54) is 0 Å². The molecule has 1 aromatic rings. The van der Waals surface area contributed by atoms with Gasteiger partial charge in [-0.2, -0.15) is 0 Å². The van der Waals surface area contributed by atoms with E-state index in [4.69, 9.17) is 15.9 Å². The summed E-state index contributed by atoms with van der Waals surface area (Å²) in [4.78, 5) is 57.5. The van der Waals surface area contributed by atoms with Crippen LogP contribution in [0.4, 0.5) is 0 Å². The Labute approximate surface area is 165 Å². The zero-order chi connectivity index (χ0) is 22.0. The molecular weight excluding hydrogens is 386 g/mol. The smallest absolute Gasteiger partial charge is 0.326 e. The maximum absolute atomic E-state index is 12.5. The molecule has 2 amide bonds. The third-order valence-electron chi connectivity index (χ3n) is 3.91. The molecule has 0 radical (unpaired) electrons. The fourth-order valence-corrected chi connectivity index (χ4v) is 2.42. The quantitative estimate of drug-likeness (QED) is 0.249. The normalized spacial score (nSPS) is 13.6. The predicted molar refractivity (Wildman–Crippen MR) is 98.7 cm³/mol. The number of carbonyl (C=O) groups is 5. The van der Waals surface area contributed by atoms with Gasteiger partial charge in [-0.15, -0.1) is 0 Å². The molecule has 29 heavy (non-hydrogen) atoms. The molecule has 3 atom stereocenters. The molecule has 0 bridgehead atoms. The molecule has 0 heterocycles. The molecule has 11 nitrogen and oxygen atoms in total. The first-order chi connectivity index (χ1) is 13.6. The van der Waals surface area contributed by atoms with Crippen LogP contribution in [0.1, 0.15) is 24.8 Å². The highest BCUT2D eigenvalue weighted by Crippen LogP contribution is 2.06. The van der Waals surface area contributed by atoms with Gasteiger partial charge in [0.05, 0.1) is 12.5 Å². The summed E-state index contributed by atoms with van der Waals surface area (Å²) in [6.07, 6.45) is -1.53. The molecule has 0 aliphatic heterocycles. The third kappa shape index (κ3) is 8.84. The van der Waals surface area contributed by atoms with Gasteiger partial charge in [-0.25, -0.2) is 4.79 Å². The Balaban J connectivity index is 2.87. The molecule has 0 saturated heterocycles. The molecule has 11 heteroatoms. The van der Waals surface area contributed by atoms with E-state index >= 15 is 0 Å². The molecule has 0 spiro atoms. The summed E-state index contributed by atoms with van der Waals surface area (Å²) in [5.41, 5.74) is 6.09. The number of carboxylic acid groups (broad SMARTS) is 3. The van der Waals surface area contributed by atoms with Crippen LogP contribution in [0, 0.1) is 0 Å². The van der Waals surface area contributed by atoms with Crippen molar-refractivity contribution in [3.63, 3.8) is 0 Å². The zero-order valence-corrected chi connectivity index (χ0v) is 15.4. The SMILES string of the molecule is N[C@@H](CC(=O)O)C(=O)N[C@@H](CCC(=O)O)C(=O)N[C@@H](Cc1ccccc1)C(=O)O. The number of nitrogens with two attached hydrogens (primary N) is 1. The molecule has 0 saturated carbocycles. The van der Waals surface area contributed by atoms with Crippen molar-refractivity contribution in [2.45, 2.75) is 43.8 Å². The molecule has 7 N–H and O–H groups in total. The van der Waals surface area contributed by atoms with Gasteiger partial charge in [0.1, 0.15) is 12.1 Å². The van der Waals surface area contributed by atoms with E-state index in [9.17, 15) is 29.1 Å². The van der Waals surface area contributed by atoms with Crippen LogP contribution in [0.5, 0.6) is 0 Å². The van der Waals surface area contributed by atoms with Gasteiger partial charge in [0.25, 0.3) is 0 Å². The van der Waals surface area contributed by atoms with Crippen molar-refractivity contribution in [1.29, 1.82) is 0 Å². The van der Waals surface area contributed by atoms with Crippen LogP contribution in [0.2, 0.25) is 0 Å². The largest absolute Gasteiger partial charge is 0.481 e. The van der Waals surface area contributed by atoms with Crippen LogP contribution in [0.3, 0.4) is 0 Å². The highest BCUT2D eigenvalue weighted by Gasteiger charge is 2.29. The number of carboxylic acids is 3. The second-order valence-corrected chi connectivity index (χ2v) is 6.29. The summed E-state index contributed by atoms with van der Waals surface area (Å²) in [5.74, 6) is -5.75. The maximum atomic E-state index is 12.5. The van der Waals surface area contributed by atoms with E-state index < -0.39 is 60.7 Å². The topological polar surface area (TPSA) is 196 Å². The molecule has 1 rings (SSSR count). The Hall–Kier alpha value is -3.47. The number of amides is 2. The van der Waals surface area contributed by atoms with Gasteiger partial charge >= 0.3 is 17.9 Å². The summed E-state index contributed by atoms with van der Waals surface area (Å²) in [7, 11) is 0. The molecule has 0 unspecified atom stereocenters. The predicted octanol–water partition coefficient (Wildman–Crippen LogP) is -1.05. The molecule has 1 aromatic carbocycles. The summed E-state index contributed by atoms with van der Waals surface area (Å²) >= 11 is 0. The molecule has 0 aliphatic rings. The first-order valence-electron chi connectivity index (χ1n) is 8.66. The summed E-state index contributed by atoms with van der Waals surface area (Å²) < 4.78 is 0. The van der Waals surface area contributed by atoms with E-state index in [0.717, 1.165) is 0 Å². The number of nitrogens with one attached hydrogen (secondary N) is 2. The minimum Gasteiger partial charge on any atom is -0.481 e. The molecule has 0 aliphatic carbocycles. The molecule has 0 aromatic heterocycles. The van der Waals surface area contributed by atoms with Crippen LogP contribution in [0.15, 0.2) is 30.3 Å². The van der Waals surface area contributed by atoms with Gasteiger partial charge in [-0.3, -0.25) is 19.2 Å². The number of hydrogen-bond acceptors (Lipinski definition) is 6. The van der Waals surface area contributed by atoms with Crippen LogP contribution < -0.4 is 16.4 Å². The van der Waals surface area contributed by atoms with Gasteiger partial charge < -0.3 is 31.7 Å². The van der Waals surface area contributed by atoms with E-state index in [1.807, 2.05) is 0 Å². The fraction of sp³-hybridized carbons (Fsp3) is 0.389. The Morgan fingerprint density at radius 3 is 1.97 bits per heavy atom. The lowest BCUT2D eigenvalue weighted by Crippen LogP contribution is -2.55. The number of rotatable bonds is 12. The van der Waals surface area contributed by atoms with Crippen molar-refractivity contribution in [2.24, 2.45) is 5.73 Å². The first kappa shape index (κ1) is 23.6. The van der Waals surface area contributed by atoms with E-state index in [0.29, 0.717) is 5.56 Å². The lowest BCUT2D eigenvalue weighted by Gasteiger charge is -2.22. The number of hydrogen-bond donors (Lipinski definition) is 6. The monoisotopic (exact) mass is 409 g/mol. The molecule has 0 fully saturated rings. The number of aliphatic carboxylic acids is 3. The minimum atomic E-state index is -1.45. The number of carbonyl (C=O) groups excluding carboxylic acids is 2. The average Bonchev–Trinajstić information content (AvgIpc) is 2.64. The van der Waals surface area contributed by atoms with Gasteiger partial charge in [0.2, 0.25) is 11.8 Å². The van der Waals surface area contributed by atoms with Gasteiger partial charge in [0, 0.05) is 12.8 Å². The van der Waals surface area contributed by atoms with Crippen molar-refractivity contribution < 1.29 is 39.3 Å². The Bertz CT molecular complexity index is 753. The lowest BCUT2D eigenvalue weighted by molar-refractivity contribution is -0.143. The van der Waals surface area contributed by atoms with E-state index in [2.05, 4.69) is 10.6 Å². The van der Waals surface area contributed by atoms with Crippen molar-refractivity contribution >= 4 is 29.7 Å². The summed E-state index contributed by atoms with van der Waals surface area (Å²) in [5, 5.41) is 31.4. The van der Waals surface area contributed by atoms with Crippen LogP contribution in [-0.4, -0.2) is 63.2 Å². The summed E-state index contributed by atoms with van der Waals surface area (Å²) in [6, 6.07) is 4.35. The maximum Gasteiger partial charge on any atom is 0.326 e. The van der Waals surface area contributed by atoms with Crippen molar-refractivity contribution in [2.75, 3.05) is 0 Å². The second kappa shape index (κ2) is 11.4. The zero-order valence-electron chi connectivity index (χ0n) is 15.4. The first-order valence-corrected chi connectivity index (χ1v) is 8.66. The van der Waals surface area contributed by atoms with Gasteiger partial charge in [0.15, 0.2) is 0 Å². The number of benzene rings is 1. The lowest BCUT2D eigenvalue weighted by atomic mass is 10.0. The molecule has 158 valence electrons. The van der Waals surface area contributed by atoms with Gasteiger partial charge in [-0.05, 0) is 12.0 Å². The third-order valence-corrected chi connectivity index (χ3v) is 3.91. The second-order valence-electron chi connectivity index (χ2n) is 6.29. The Morgan fingerprint density at radius 2 is 1.45 bits per heavy atom. The van der Waals surface area contributed by atoms with Crippen molar-refractivity contribution in [3.8, 4) is 0 Å². The Kier molecular flexibility index (Phi) is 9.26. The highest BCUT2D eigenvalue weighted by atomic mass is 16.4.